The maximum atomic E-state index is 11.5. The van der Waals surface area contributed by atoms with E-state index >= 15 is 0 Å². The lowest BCUT2D eigenvalue weighted by Gasteiger charge is -2.15. The number of rotatable bonds is 4. The van der Waals surface area contributed by atoms with Gasteiger partial charge in [-0.05, 0) is 17.7 Å². The molecule has 4 heteroatoms. The van der Waals surface area contributed by atoms with E-state index in [1.54, 1.807) is 6.20 Å². The maximum Gasteiger partial charge on any atom is 0.308 e. The highest BCUT2D eigenvalue weighted by molar-refractivity contribution is 5.72. The minimum Gasteiger partial charge on any atom is -0.481 e. The molecule has 0 radical (unpaired) electrons. The number of aliphatic carboxylic acids is 1. The minimum absolute atomic E-state index is 0.0485. The molecule has 1 aromatic carbocycles. The van der Waals surface area contributed by atoms with Crippen molar-refractivity contribution in [3.63, 3.8) is 0 Å². The molecule has 2 heterocycles. The van der Waals surface area contributed by atoms with Crippen LogP contribution in [0.4, 0.5) is 0 Å². The van der Waals surface area contributed by atoms with Gasteiger partial charge in [0.05, 0.1) is 11.6 Å². The largest absolute Gasteiger partial charge is 0.481 e. The second-order valence-electron chi connectivity index (χ2n) is 5.48. The lowest BCUT2D eigenvalue weighted by molar-refractivity contribution is -0.141. The highest BCUT2D eigenvalue weighted by Gasteiger charge is 2.38. The Labute approximate surface area is 124 Å². The standard InChI is InChI=1S/C17H18N2O2/c20-17(21)16-12-19(10-14-8-4-5-9-18-14)11-15(16)13-6-2-1-3-7-13/h1-9,15-16H,10-12H2,(H,20,21)/t15-,16?/m0/s1. The first-order valence-electron chi connectivity index (χ1n) is 7.14. The van der Waals surface area contributed by atoms with Gasteiger partial charge in [0, 0.05) is 31.7 Å². The van der Waals surface area contributed by atoms with Crippen molar-refractivity contribution in [3.8, 4) is 0 Å². The Hall–Kier alpha value is -2.20. The van der Waals surface area contributed by atoms with Crippen LogP contribution in [0, 0.1) is 5.92 Å². The zero-order valence-corrected chi connectivity index (χ0v) is 11.7. The third-order valence-electron chi connectivity index (χ3n) is 4.05. The minimum atomic E-state index is -0.715. The molecule has 1 saturated heterocycles. The van der Waals surface area contributed by atoms with Crippen molar-refractivity contribution in [2.24, 2.45) is 5.92 Å². The van der Waals surface area contributed by atoms with Crippen LogP contribution in [0.5, 0.6) is 0 Å². The normalized spacial score (nSPS) is 22.3. The van der Waals surface area contributed by atoms with Crippen molar-refractivity contribution in [2.75, 3.05) is 13.1 Å². The SMILES string of the molecule is O=C(O)C1CN(Cc2ccccn2)C[C@H]1c1ccccc1. The van der Waals surface area contributed by atoms with E-state index in [1.807, 2.05) is 48.5 Å². The van der Waals surface area contributed by atoms with Gasteiger partial charge in [-0.3, -0.25) is 14.7 Å². The summed E-state index contributed by atoms with van der Waals surface area (Å²) in [5.74, 6) is -1.02. The predicted molar refractivity (Wildman–Crippen MR) is 79.8 cm³/mol. The summed E-state index contributed by atoms with van der Waals surface area (Å²) in [6.45, 7) is 2.04. The fourth-order valence-corrected chi connectivity index (χ4v) is 3.02. The first kappa shape index (κ1) is 13.8. The summed E-state index contributed by atoms with van der Waals surface area (Å²) in [5, 5.41) is 9.49. The van der Waals surface area contributed by atoms with E-state index < -0.39 is 5.97 Å². The van der Waals surface area contributed by atoms with Crippen LogP contribution in [0.3, 0.4) is 0 Å². The quantitative estimate of drug-likeness (QED) is 0.935. The van der Waals surface area contributed by atoms with Crippen molar-refractivity contribution in [1.29, 1.82) is 0 Å². The Bertz CT molecular complexity index is 601. The number of hydrogen-bond acceptors (Lipinski definition) is 3. The van der Waals surface area contributed by atoms with Crippen molar-refractivity contribution < 1.29 is 9.90 Å². The number of aromatic nitrogens is 1. The molecule has 0 saturated carbocycles. The molecule has 0 amide bonds. The number of hydrogen-bond donors (Lipinski definition) is 1. The monoisotopic (exact) mass is 282 g/mol. The molecule has 1 fully saturated rings. The van der Waals surface area contributed by atoms with Crippen molar-refractivity contribution >= 4 is 5.97 Å². The van der Waals surface area contributed by atoms with Crippen LogP contribution < -0.4 is 0 Å². The van der Waals surface area contributed by atoms with Gasteiger partial charge in [0.15, 0.2) is 0 Å². The van der Waals surface area contributed by atoms with Crippen molar-refractivity contribution in [3.05, 3.63) is 66.0 Å². The van der Waals surface area contributed by atoms with Crippen LogP contribution in [0.2, 0.25) is 0 Å². The molecule has 3 rings (SSSR count). The zero-order chi connectivity index (χ0) is 14.7. The summed E-state index contributed by atoms with van der Waals surface area (Å²) in [6.07, 6.45) is 1.77. The van der Waals surface area contributed by atoms with Crippen molar-refractivity contribution in [1.82, 2.24) is 9.88 Å². The highest BCUT2D eigenvalue weighted by Crippen LogP contribution is 2.33. The summed E-state index contributed by atoms with van der Waals surface area (Å²) in [7, 11) is 0. The molecular weight excluding hydrogens is 264 g/mol. The van der Waals surface area contributed by atoms with Gasteiger partial charge in [0.1, 0.15) is 0 Å². The summed E-state index contributed by atoms with van der Waals surface area (Å²) in [5.41, 5.74) is 2.09. The second kappa shape index (κ2) is 6.06. The Balaban J connectivity index is 1.77. The van der Waals surface area contributed by atoms with Crippen LogP contribution in [0.15, 0.2) is 54.7 Å². The molecule has 0 aliphatic carbocycles. The van der Waals surface area contributed by atoms with Crippen LogP contribution >= 0.6 is 0 Å². The van der Waals surface area contributed by atoms with Crippen LogP contribution in [-0.2, 0) is 11.3 Å². The number of carboxylic acid groups (broad SMARTS) is 1. The van der Waals surface area contributed by atoms with Gasteiger partial charge >= 0.3 is 5.97 Å². The molecule has 1 aliphatic heterocycles. The summed E-state index contributed by atoms with van der Waals surface area (Å²) in [4.78, 5) is 18.0. The second-order valence-corrected chi connectivity index (χ2v) is 5.48. The number of likely N-dealkylation sites (tertiary alicyclic amines) is 1. The Kier molecular flexibility index (Phi) is 3.97. The van der Waals surface area contributed by atoms with E-state index in [4.69, 9.17) is 0 Å². The topological polar surface area (TPSA) is 53.4 Å². The molecule has 1 aliphatic rings. The van der Waals surface area contributed by atoms with Gasteiger partial charge in [-0.2, -0.15) is 0 Å². The highest BCUT2D eigenvalue weighted by atomic mass is 16.4. The van der Waals surface area contributed by atoms with Crippen molar-refractivity contribution in [2.45, 2.75) is 12.5 Å². The molecular formula is C17H18N2O2. The first-order chi connectivity index (χ1) is 10.2. The summed E-state index contributed by atoms with van der Waals surface area (Å²) >= 11 is 0. The van der Waals surface area contributed by atoms with Crippen LogP contribution in [-0.4, -0.2) is 34.0 Å². The molecule has 1 aromatic heterocycles. The fraction of sp³-hybridized carbons (Fsp3) is 0.294. The van der Waals surface area contributed by atoms with Gasteiger partial charge in [-0.15, -0.1) is 0 Å². The Morgan fingerprint density at radius 2 is 1.90 bits per heavy atom. The van der Waals surface area contributed by atoms with E-state index in [9.17, 15) is 9.90 Å². The third-order valence-corrected chi connectivity index (χ3v) is 4.05. The summed E-state index contributed by atoms with van der Waals surface area (Å²) in [6, 6.07) is 15.8. The smallest absolute Gasteiger partial charge is 0.308 e. The Morgan fingerprint density at radius 1 is 1.14 bits per heavy atom. The first-order valence-corrected chi connectivity index (χ1v) is 7.14. The molecule has 108 valence electrons. The van der Waals surface area contributed by atoms with Gasteiger partial charge < -0.3 is 5.11 Å². The van der Waals surface area contributed by atoms with E-state index in [-0.39, 0.29) is 11.8 Å². The average molecular weight is 282 g/mol. The lowest BCUT2D eigenvalue weighted by Crippen LogP contribution is -2.23. The number of nitrogens with zero attached hydrogens (tertiary/aromatic N) is 2. The lowest BCUT2D eigenvalue weighted by atomic mass is 9.89. The van der Waals surface area contributed by atoms with Gasteiger partial charge in [0.25, 0.3) is 0 Å². The van der Waals surface area contributed by atoms with Crippen LogP contribution in [0.25, 0.3) is 0 Å². The number of pyridine rings is 1. The zero-order valence-electron chi connectivity index (χ0n) is 11.7. The molecule has 4 nitrogen and oxygen atoms in total. The molecule has 2 aromatic rings. The fourth-order valence-electron chi connectivity index (χ4n) is 3.02. The Morgan fingerprint density at radius 3 is 2.57 bits per heavy atom. The van der Waals surface area contributed by atoms with E-state index in [0.29, 0.717) is 13.1 Å². The van der Waals surface area contributed by atoms with E-state index in [1.165, 1.54) is 0 Å². The third kappa shape index (κ3) is 3.11. The average Bonchev–Trinajstić information content (AvgIpc) is 2.93. The van der Waals surface area contributed by atoms with Crippen LogP contribution in [0.1, 0.15) is 17.2 Å². The predicted octanol–water partition coefficient (Wildman–Crippen LogP) is 2.38. The van der Waals surface area contributed by atoms with E-state index in [0.717, 1.165) is 17.8 Å². The number of benzene rings is 1. The molecule has 1 unspecified atom stereocenters. The molecule has 1 N–H and O–H groups in total. The van der Waals surface area contributed by atoms with Gasteiger partial charge in [-0.25, -0.2) is 0 Å². The number of carbonyl (C=O) groups is 1. The van der Waals surface area contributed by atoms with E-state index in [2.05, 4.69) is 9.88 Å². The van der Waals surface area contributed by atoms with Gasteiger partial charge in [0.2, 0.25) is 0 Å². The molecule has 21 heavy (non-hydrogen) atoms. The maximum absolute atomic E-state index is 11.5. The molecule has 2 atom stereocenters. The molecule has 0 spiro atoms. The number of carboxylic acids is 1. The summed E-state index contributed by atoms with van der Waals surface area (Å²) < 4.78 is 0. The molecule has 0 bridgehead atoms. The van der Waals surface area contributed by atoms with Gasteiger partial charge in [-0.1, -0.05) is 36.4 Å².